The fourth-order valence-electron chi connectivity index (χ4n) is 1.11. The lowest BCUT2D eigenvalue weighted by molar-refractivity contribution is 0.0636. The normalized spacial score (nSPS) is 13.1. The SMILES string of the molecule is COCCOCC(N)c1csc(C)c1. The van der Waals surface area contributed by atoms with E-state index >= 15 is 0 Å². The topological polar surface area (TPSA) is 44.5 Å². The largest absolute Gasteiger partial charge is 0.382 e. The Labute approximate surface area is 88.8 Å². The minimum atomic E-state index is -0.0168. The smallest absolute Gasteiger partial charge is 0.0701 e. The van der Waals surface area contributed by atoms with Gasteiger partial charge in [-0.2, -0.15) is 0 Å². The van der Waals surface area contributed by atoms with Crippen LogP contribution >= 0.6 is 11.3 Å². The summed E-state index contributed by atoms with van der Waals surface area (Å²) in [5.74, 6) is 0. The highest BCUT2D eigenvalue weighted by molar-refractivity contribution is 7.10. The summed E-state index contributed by atoms with van der Waals surface area (Å²) in [5.41, 5.74) is 7.09. The number of methoxy groups -OCH3 is 1. The monoisotopic (exact) mass is 215 g/mol. The van der Waals surface area contributed by atoms with E-state index in [2.05, 4.69) is 18.4 Å². The van der Waals surface area contributed by atoms with E-state index in [1.54, 1.807) is 18.4 Å². The molecule has 0 aliphatic heterocycles. The molecule has 0 aliphatic rings. The van der Waals surface area contributed by atoms with Gasteiger partial charge in [-0.15, -0.1) is 11.3 Å². The zero-order valence-electron chi connectivity index (χ0n) is 8.66. The molecule has 0 amide bonds. The number of aryl methyl sites for hydroxylation is 1. The summed E-state index contributed by atoms with van der Waals surface area (Å²) in [6.45, 7) is 3.86. The van der Waals surface area contributed by atoms with Crippen molar-refractivity contribution in [2.75, 3.05) is 26.9 Å². The molecule has 3 nitrogen and oxygen atoms in total. The number of ether oxygens (including phenoxy) is 2. The van der Waals surface area contributed by atoms with Gasteiger partial charge in [0.05, 0.1) is 25.9 Å². The molecule has 0 saturated carbocycles. The third-order valence-corrected chi connectivity index (χ3v) is 2.79. The number of nitrogens with two attached hydrogens (primary N) is 1. The molecule has 14 heavy (non-hydrogen) atoms. The molecule has 0 spiro atoms. The summed E-state index contributed by atoms with van der Waals surface area (Å²) < 4.78 is 10.2. The van der Waals surface area contributed by atoms with E-state index in [4.69, 9.17) is 15.2 Å². The average Bonchev–Trinajstić information content (AvgIpc) is 2.59. The zero-order chi connectivity index (χ0) is 10.4. The Balaban J connectivity index is 2.25. The molecule has 0 aliphatic carbocycles. The Hall–Kier alpha value is -0.420. The van der Waals surface area contributed by atoms with E-state index in [0.717, 1.165) is 5.56 Å². The summed E-state index contributed by atoms with van der Waals surface area (Å²) in [7, 11) is 1.66. The lowest BCUT2D eigenvalue weighted by Gasteiger charge is -2.10. The van der Waals surface area contributed by atoms with Gasteiger partial charge in [-0.3, -0.25) is 0 Å². The fourth-order valence-corrected chi connectivity index (χ4v) is 1.88. The van der Waals surface area contributed by atoms with Crippen LogP contribution in [0.5, 0.6) is 0 Å². The first-order valence-electron chi connectivity index (χ1n) is 4.61. The Morgan fingerprint density at radius 2 is 2.29 bits per heavy atom. The number of rotatable bonds is 6. The second-order valence-corrected chi connectivity index (χ2v) is 4.28. The quantitative estimate of drug-likeness (QED) is 0.735. The van der Waals surface area contributed by atoms with Crippen molar-refractivity contribution in [2.24, 2.45) is 5.73 Å². The van der Waals surface area contributed by atoms with Gasteiger partial charge in [0.2, 0.25) is 0 Å². The minimum absolute atomic E-state index is 0.0168. The molecule has 80 valence electrons. The van der Waals surface area contributed by atoms with Gasteiger partial charge >= 0.3 is 0 Å². The van der Waals surface area contributed by atoms with Crippen molar-refractivity contribution in [3.8, 4) is 0 Å². The highest BCUT2D eigenvalue weighted by atomic mass is 32.1. The molecular weight excluding hydrogens is 198 g/mol. The first kappa shape index (κ1) is 11.7. The van der Waals surface area contributed by atoms with Crippen LogP contribution in [0, 0.1) is 6.92 Å². The Morgan fingerprint density at radius 3 is 2.86 bits per heavy atom. The van der Waals surface area contributed by atoms with Crippen molar-refractivity contribution in [1.82, 2.24) is 0 Å². The minimum Gasteiger partial charge on any atom is -0.382 e. The van der Waals surface area contributed by atoms with Crippen molar-refractivity contribution in [3.05, 3.63) is 21.9 Å². The molecule has 2 N–H and O–H groups in total. The standard InChI is InChI=1S/C10H17NO2S/c1-8-5-9(7-14-8)10(11)6-13-4-3-12-2/h5,7,10H,3-4,6,11H2,1-2H3. The van der Waals surface area contributed by atoms with Crippen LogP contribution in [0.15, 0.2) is 11.4 Å². The molecule has 4 heteroatoms. The zero-order valence-corrected chi connectivity index (χ0v) is 9.47. The first-order chi connectivity index (χ1) is 6.74. The van der Waals surface area contributed by atoms with E-state index in [-0.39, 0.29) is 6.04 Å². The summed E-state index contributed by atoms with van der Waals surface area (Å²) in [6.07, 6.45) is 0. The summed E-state index contributed by atoms with van der Waals surface area (Å²) in [6, 6.07) is 2.09. The Morgan fingerprint density at radius 1 is 1.50 bits per heavy atom. The van der Waals surface area contributed by atoms with Gasteiger partial charge in [-0.1, -0.05) is 0 Å². The van der Waals surface area contributed by atoms with Gasteiger partial charge < -0.3 is 15.2 Å². The van der Waals surface area contributed by atoms with Crippen LogP contribution in [-0.4, -0.2) is 26.9 Å². The van der Waals surface area contributed by atoms with Gasteiger partial charge in [0.15, 0.2) is 0 Å². The second kappa shape index (κ2) is 6.14. The van der Waals surface area contributed by atoms with E-state index < -0.39 is 0 Å². The molecular formula is C10H17NO2S. The van der Waals surface area contributed by atoms with Crippen molar-refractivity contribution < 1.29 is 9.47 Å². The summed E-state index contributed by atoms with van der Waals surface area (Å²) in [5, 5.41) is 2.08. The lowest BCUT2D eigenvalue weighted by Crippen LogP contribution is -2.17. The van der Waals surface area contributed by atoms with Crippen molar-refractivity contribution in [1.29, 1.82) is 0 Å². The second-order valence-electron chi connectivity index (χ2n) is 3.16. The summed E-state index contributed by atoms with van der Waals surface area (Å²) in [4.78, 5) is 1.28. The van der Waals surface area contributed by atoms with Gasteiger partial charge in [0.1, 0.15) is 0 Å². The van der Waals surface area contributed by atoms with Gasteiger partial charge in [0.25, 0.3) is 0 Å². The molecule has 1 aromatic rings. The van der Waals surface area contributed by atoms with Crippen molar-refractivity contribution in [2.45, 2.75) is 13.0 Å². The Kier molecular flexibility index (Phi) is 5.11. The molecule has 0 saturated heterocycles. The predicted octanol–water partition coefficient (Wildman–Crippen LogP) is 1.72. The summed E-state index contributed by atoms with van der Waals surface area (Å²) >= 11 is 1.72. The van der Waals surface area contributed by atoms with E-state index in [1.807, 2.05) is 0 Å². The molecule has 1 heterocycles. The number of hydrogen-bond donors (Lipinski definition) is 1. The number of hydrogen-bond acceptors (Lipinski definition) is 4. The average molecular weight is 215 g/mol. The number of thiophene rings is 1. The van der Waals surface area contributed by atoms with Crippen molar-refractivity contribution >= 4 is 11.3 Å². The van der Waals surface area contributed by atoms with Crippen LogP contribution in [-0.2, 0) is 9.47 Å². The fraction of sp³-hybridized carbons (Fsp3) is 0.600. The molecule has 0 bridgehead atoms. The van der Waals surface area contributed by atoms with E-state index in [0.29, 0.717) is 19.8 Å². The molecule has 0 aromatic carbocycles. The van der Waals surface area contributed by atoms with Crippen LogP contribution in [0.3, 0.4) is 0 Å². The predicted molar refractivity (Wildman–Crippen MR) is 58.7 cm³/mol. The third-order valence-electron chi connectivity index (χ3n) is 1.91. The molecule has 0 radical (unpaired) electrons. The molecule has 0 fully saturated rings. The van der Waals surface area contributed by atoms with Gasteiger partial charge in [-0.05, 0) is 23.9 Å². The maximum atomic E-state index is 5.93. The van der Waals surface area contributed by atoms with Crippen LogP contribution in [0.25, 0.3) is 0 Å². The van der Waals surface area contributed by atoms with Crippen LogP contribution in [0.1, 0.15) is 16.5 Å². The van der Waals surface area contributed by atoms with Gasteiger partial charge in [0, 0.05) is 12.0 Å². The van der Waals surface area contributed by atoms with Crippen LogP contribution in [0.4, 0.5) is 0 Å². The molecule has 1 aromatic heterocycles. The highest BCUT2D eigenvalue weighted by Crippen LogP contribution is 2.18. The maximum Gasteiger partial charge on any atom is 0.0701 e. The maximum absolute atomic E-state index is 5.93. The highest BCUT2D eigenvalue weighted by Gasteiger charge is 2.07. The van der Waals surface area contributed by atoms with Crippen molar-refractivity contribution in [3.63, 3.8) is 0 Å². The van der Waals surface area contributed by atoms with E-state index in [1.165, 1.54) is 4.88 Å². The molecule has 1 unspecified atom stereocenters. The molecule has 1 atom stereocenters. The first-order valence-corrected chi connectivity index (χ1v) is 5.49. The molecule has 1 rings (SSSR count). The third kappa shape index (κ3) is 3.75. The Bertz CT molecular complexity index is 262. The van der Waals surface area contributed by atoms with Gasteiger partial charge in [-0.25, -0.2) is 0 Å². The lowest BCUT2D eigenvalue weighted by atomic mass is 10.2. The van der Waals surface area contributed by atoms with E-state index in [9.17, 15) is 0 Å². The van der Waals surface area contributed by atoms with Crippen LogP contribution < -0.4 is 5.73 Å². The van der Waals surface area contributed by atoms with Crippen LogP contribution in [0.2, 0.25) is 0 Å².